The maximum Gasteiger partial charge on any atom is 0.472 e. The standard InChI is InChI=1S/C109H186O16P2/c1-4-7-10-13-16-19-22-25-28-31-34-37-40-43-45-47-49-50-51-52-54-56-57-60-62-65-68-71-74-77-80-83-86-89-92-95-107(112)119-98-104(110)99-121-126(115,116)122-100-105(111)101-123-127(117,118)124-103-106(125-109(114)97-94-91-88-85-82-79-76-73-70-67-64-59-42-39-36-33-30-27-24-21-18-15-12-9-6-3)102-120-108(113)96-93-90-87-84-81-78-75-72-69-66-63-61-58-55-53-48-46-44-41-38-35-32-29-26-23-20-17-14-11-8-5-2/h7-8,10-11,16-21,25-30,34-39,43-46,53,55,59,64,104-106,110-111H,4-6,9,12-15,22-24,31-33,40-42,47-52,54,56-58,60-63,65-103H2,1-3H3,(H,115,116)(H,117,118)/b10-7-,11-8-,19-16-,20-17-,21-18-,28-25-,29-26-,30-27-,37-34-,38-35-,39-36-,45-43-,46-44-,55-53-,64-59-. The van der Waals surface area contributed by atoms with Gasteiger partial charge in [-0.1, -0.05) is 434 Å². The minimum Gasteiger partial charge on any atom is -0.463 e. The zero-order chi connectivity index (χ0) is 92.1. The molecule has 0 rings (SSSR count). The highest BCUT2D eigenvalue weighted by Crippen LogP contribution is 2.45. The van der Waals surface area contributed by atoms with Crippen LogP contribution in [0.15, 0.2) is 182 Å². The largest absolute Gasteiger partial charge is 0.472 e. The summed E-state index contributed by atoms with van der Waals surface area (Å²) in [5, 5.41) is 20.8. The van der Waals surface area contributed by atoms with Crippen molar-refractivity contribution in [3.8, 4) is 0 Å². The second kappa shape index (κ2) is 99.7. The van der Waals surface area contributed by atoms with Gasteiger partial charge in [-0.2, -0.15) is 0 Å². The van der Waals surface area contributed by atoms with E-state index in [0.29, 0.717) is 19.3 Å². The number of esters is 3. The van der Waals surface area contributed by atoms with Gasteiger partial charge < -0.3 is 34.2 Å². The fourth-order valence-corrected chi connectivity index (χ4v) is 15.5. The Kier molecular flexibility index (Phi) is 95.5. The smallest absolute Gasteiger partial charge is 0.463 e. The van der Waals surface area contributed by atoms with E-state index in [4.69, 9.17) is 32.3 Å². The summed E-state index contributed by atoms with van der Waals surface area (Å²) in [6.45, 7) is 2.49. The predicted octanol–water partition coefficient (Wildman–Crippen LogP) is 32.3. The molecule has 5 atom stereocenters. The number of carbonyl (C=O) groups excluding carboxylic acids is 3. The molecule has 0 spiro atoms. The van der Waals surface area contributed by atoms with Gasteiger partial charge in [0.2, 0.25) is 0 Å². The Labute approximate surface area is 776 Å². The molecule has 0 fully saturated rings. The minimum absolute atomic E-state index is 0.0934. The molecule has 0 aliphatic rings. The van der Waals surface area contributed by atoms with E-state index < -0.39 is 91.5 Å². The van der Waals surface area contributed by atoms with Crippen molar-refractivity contribution < 1.29 is 75.8 Å². The van der Waals surface area contributed by atoms with Gasteiger partial charge in [-0.15, -0.1) is 0 Å². The van der Waals surface area contributed by atoms with Gasteiger partial charge >= 0.3 is 33.6 Å². The summed E-state index contributed by atoms with van der Waals surface area (Å²) in [5.74, 6) is -1.57. The second-order valence-electron chi connectivity index (χ2n) is 33.9. The highest BCUT2D eigenvalue weighted by atomic mass is 31.2. The fraction of sp³-hybridized carbons (Fsp3) is 0.697. The van der Waals surface area contributed by atoms with Crippen LogP contribution < -0.4 is 0 Å². The summed E-state index contributed by atoms with van der Waals surface area (Å²) < 4.78 is 61.7. The summed E-state index contributed by atoms with van der Waals surface area (Å²) >= 11 is 0. The number of aliphatic hydroxyl groups excluding tert-OH is 2. The van der Waals surface area contributed by atoms with E-state index in [2.05, 4.69) is 203 Å². The van der Waals surface area contributed by atoms with E-state index in [-0.39, 0.29) is 19.3 Å². The molecule has 0 radical (unpaired) electrons. The zero-order valence-electron chi connectivity index (χ0n) is 80.6. The van der Waals surface area contributed by atoms with Crippen LogP contribution in [0, 0.1) is 0 Å². The lowest BCUT2D eigenvalue weighted by Gasteiger charge is -2.21. The normalized spacial score (nSPS) is 14.4. The van der Waals surface area contributed by atoms with Gasteiger partial charge in [0.15, 0.2) is 6.10 Å². The molecule has 18 heteroatoms. The average molecular weight is 1810 g/mol. The molecular formula is C109H186O16P2. The van der Waals surface area contributed by atoms with Gasteiger partial charge in [-0.05, 0) is 161 Å². The number of phosphoric acid groups is 2. The number of phosphoric ester groups is 2. The van der Waals surface area contributed by atoms with Crippen molar-refractivity contribution in [3.05, 3.63) is 182 Å². The lowest BCUT2D eigenvalue weighted by Crippen LogP contribution is -2.30. The predicted molar refractivity (Wildman–Crippen MR) is 537 cm³/mol. The van der Waals surface area contributed by atoms with Crippen molar-refractivity contribution in [1.29, 1.82) is 0 Å². The monoisotopic (exact) mass is 1810 g/mol. The molecule has 4 N–H and O–H groups in total. The molecule has 16 nitrogen and oxygen atoms in total. The van der Waals surface area contributed by atoms with Gasteiger partial charge in [0, 0.05) is 19.3 Å². The third-order valence-corrected chi connectivity index (χ3v) is 23.5. The molecule has 0 aromatic heterocycles. The number of rotatable bonds is 96. The Morgan fingerprint density at radius 2 is 0.417 bits per heavy atom. The maximum atomic E-state index is 13.1. The SMILES string of the molecule is CC/C=C\C/C=C\C/C=C\C/C=C\C/C=C\C/C=C\CCCCCCCCCCCCCCC(=O)OCC(COP(=O)(O)OCC(O)COP(=O)(O)OCC(O)COC(=O)CCCCCCCCCCCCCCCCCCCCC/C=C\C/C=C\C/C=C\C/C=C\C/C=C\CC)OC(=O)CCCCCCCCCCC/C=C\C/C=C\C/C=C\C/C=C\CCCCC. The summed E-state index contributed by atoms with van der Waals surface area (Å²) in [7, 11) is -9.82. The van der Waals surface area contributed by atoms with E-state index in [1.54, 1.807) is 0 Å². The van der Waals surface area contributed by atoms with E-state index in [1.807, 2.05) is 0 Å². The van der Waals surface area contributed by atoms with Gasteiger partial charge in [0.1, 0.15) is 25.4 Å². The van der Waals surface area contributed by atoms with Gasteiger partial charge in [-0.25, -0.2) is 9.13 Å². The number of unbranched alkanes of at least 4 members (excludes halogenated alkanes) is 43. The van der Waals surface area contributed by atoms with Crippen molar-refractivity contribution >= 4 is 33.6 Å². The first-order valence-electron chi connectivity index (χ1n) is 51.1. The van der Waals surface area contributed by atoms with Crippen LogP contribution in [-0.2, 0) is 55.8 Å². The van der Waals surface area contributed by atoms with Crippen LogP contribution in [0.2, 0.25) is 0 Å². The molecule has 728 valence electrons. The Morgan fingerprint density at radius 3 is 0.661 bits per heavy atom. The second-order valence-corrected chi connectivity index (χ2v) is 36.8. The summed E-state index contributed by atoms with van der Waals surface area (Å²) in [6, 6.07) is 0. The van der Waals surface area contributed by atoms with Crippen molar-refractivity contribution in [2.75, 3.05) is 39.6 Å². The quantitative estimate of drug-likeness (QED) is 0.0146. The van der Waals surface area contributed by atoms with Crippen LogP contribution in [0.4, 0.5) is 0 Å². The molecule has 0 heterocycles. The third kappa shape index (κ3) is 101. The van der Waals surface area contributed by atoms with Crippen LogP contribution in [-0.4, -0.2) is 95.9 Å². The van der Waals surface area contributed by atoms with Crippen molar-refractivity contribution in [2.45, 2.75) is 450 Å². The molecule has 0 aromatic rings. The molecule has 0 saturated carbocycles. The van der Waals surface area contributed by atoms with E-state index >= 15 is 0 Å². The number of aliphatic hydroxyl groups is 2. The Hall–Kier alpha value is -5.35. The number of carbonyl (C=O) groups is 3. The number of hydrogen-bond donors (Lipinski definition) is 4. The fourth-order valence-electron chi connectivity index (χ4n) is 13.9. The van der Waals surface area contributed by atoms with E-state index in [9.17, 15) is 43.5 Å². The molecule has 0 aliphatic carbocycles. The Balaban J connectivity index is 4.58. The molecule has 5 unspecified atom stereocenters. The number of allylic oxidation sites excluding steroid dienone is 30. The zero-order valence-corrected chi connectivity index (χ0v) is 82.4. The van der Waals surface area contributed by atoms with Crippen molar-refractivity contribution in [1.82, 2.24) is 0 Å². The Bertz CT molecular complexity index is 3040. The van der Waals surface area contributed by atoms with Crippen molar-refractivity contribution in [3.63, 3.8) is 0 Å². The number of ether oxygens (including phenoxy) is 3. The molecular weight excluding hydrogens is 1630 g/mol. The topological polar surface area (TPSA) is 231 Å². The summed E-state index contributed by atoms with van der Waals surface area (Å²) in [4.78, 5) is 59.2. The van der Waals surface area contributed by atoms with Crippen molar-refractivity contribution in [2.24, 2.45) is 0 Å². The summed E-state index contributed by atoms with van der Waals surface area (Å²) in [5.41, 5.74) is 0. The number of hydrogen-bond acceptors (Lipinski definition) is 14. The van der Waals surface area contributed by atoms with E-state index in [1.165, 1.54) is 199 Å². The molecule has 127 heavy (non-hydrogen) atoms. The first-order chi connectivity index (χ1) is 62.2. The minimum atomic E-state index is -4.95. The average Bonchev–Trinajstić information content (AvgIpc) is 0.898. The van der Waals surface area contributed by atoms with Gasteiger partial charge in [0.05, 0.1) is 26.4 Å². The van der Waals surface area contributed by atoms with Crippen LogP contribution >= 0.6 is 15.6 Å². The third-order valence-electron chi connectivity index (χ3n) is 21.6. The highest BCUT2D eigenvalue weighted by molar-refractivity contribution is 7.47. The molecule has 0 aliphatic heterocycles. The lowest BCUT2D eigenvalue weighted by molar-refractivity contribution is -0.161. The van der Waals surface area contributed by atoms with Crippen LogP contribution in [0.3, 0.4) is 0 Å². The van der Waals surface area contributed by atoms with Crippen LogP contribution in [0.5, 0.6) is 0 Å². The molecule has 0 amide bonds. The van der Waals surface area contributed by atoms with Crippen LogP contribution in [0.25, 0.3) is 0 Å². The van der Waals surface area contributed by atoms with Gasteiger partial charge in [0.25, 0.3) is 0 Å². The molecule has 0 saturated heterocycles. The first-order valence-corrected chi connectivity index (χ1v) is 54.1. The first kappa shape index (κ1) is 122. The summed E-state index contributed by atoms with van der Waals surface area (Å²) in [6.07, 6.45) is 132. The highest BCUT2D eigenvalue weighted by Gasteiger charge is 2.30. The molecule has 0 bridgehead atoms. The molecule has 0 aromatic carbocycles. The van der Waals surface area contributed by atoms with Crippen LogP contribution in [0.1, 0.15) is 432 Å². The Morgan fingerprint density at radius 1 is 0.228 bits per heavy atom. The van der Waals surface area contributed by atoms with Gasteiger partial charge in [-0.3, -0.25) is 32.5 Å². The lowest BCUT2D eigenvalue weighted by atomic mass is 10.0. The van der Waals surface area contributed by atoms with E-state index in [0.717, 1.165) is 173 Å². The maximum absolute atomic E-state index is 13.1.